The van der Waals surface area contributed by atoms with Crippen LogP contribution in [0, 0.1) is 6.92 Å². The number of oxazole rings is 1. The maximum atomic E-state index is 12.9. The molecular weight excluding hydrogens is 456 g/mol. The maximum Gasteiger partial charge on any atom is 0.259 e. The first-order chi connectivity index (χ1) is 13.9. The van der Waals surface area contributed by atoms with E-state index in [0.29, 0.717) is 39.0 Å². The molecule has 0 fully saturated rings. The van der Waals surface area contributed by atoms with Gasteiger partial charge in [0.05, 0.1) is 12.7 Å². The molecule has 0 saturated heterocycles. The van der Waals surface area contributed by atoms with E-state index in [1.165, 1.54) is 0 Å². The zero-order chi connectivity index (χ0) is 20.5. The van der Waals surface area contributed by atoms with Crippen LogP contribution in [0.3, 0.4) is 0 Å². The van der Waals surface area contributed by atoms with E-state index in [2.05, 4.69) is 26.2 Å². The van der Waals surface area contributed by atoms with Gasteiger partial charge in [0.25, 0.3) is 5.91 Å². The molecule has 0 bridgehead atoms. The highest BCUT2D eigenvalue weighted by molar-refractivity contribution is 9.10. The zero-order valence-corrected chi connectivity index (χ0v) is 18.0. The predicted molar refractivity (Wildman–Crippen MR) is 118 cm³/mol. The molecule has 1 N–H and O–H groups in total. The number of amides is 1. The molecule has 1 heterocycles. The lowest BCUT2D eigenvalue weighted by molar-refractivity contribution is 0.102. The molecule has 7 heteroatoms. The van der Waals surface area contributed by atoms with E-state index in [1.807, 2.05) is 31.2 Å². The standard InChI is InChI=1S/C22H16BrClN2O3/c1-12-8-14(23)10-17(20(12)28-2)21(27)25-16-5-3-4-13(9-16)22-26-18-11-15(24)6-7-19(18)29-22/h3-11H,1-2H3,(H,25,27). The van der Waals surface area contributed by atoms with Gasteiger partial charge in [-0.25, -0.2) is 4.98 Å². The van der Waals surface area contributed by atoms with E-state index in [4.69, 9.17) is 20.8 Å². The predicted octanol–water partition coefficient (Wildman–Crippen LogP) is 6.48. The number of benzene rings is 3. The molecular formula is C22H16BrClN2O3. The fourth-order valence-corrected chi connectivity index (χ4v) is 3.86. The quantitative estimate of drug-likeness (QED) is 0.370. The molecule has 29 heavy (non-hydrogen) atoms. The minimum Gasteiger partial charge on any atom is -0.496 e. The topological polar surface area (TPSA) is 64.4 Å². The van der Waals surface area contributed by atoms with Crippen molar-refractivity contribution in [1.29, 1.82) is 0 Å². The van der Waals surface area contributed by atoms with E-state index in [-0.39, 0.29) is 5.91 Å². The molecule has 0 atom stereocenters. The molecule has 0 spiro atoms. The van der Waals surface area contributed by atoms with Crippen molar-refractivity contribution in [3.63, 3.8) is 0 Å². The van der Waals surface area contributed by atoms with Crippen LogP contribution in [0.5, 0.6) is 5.75 Å². The molecule has 4 rings (SSSR count). The molecule has 0 aliphatic rings. The number of anilines is 1. The van der Waals surface area contributed by atoms with Gasteiger partial charge >= 0.3 is 0 Å². The van der Waals surface area contributed by atoms with E-state index >= 15 is 0 Å². The maximum absolute atomic E-state index is 12.9. The van der Waals surface area contributed by atoms with E-state index in [0.717, 1.165) is 15.6 Å². The van der Waals surface area contributed by atoms with Crippen molar-refractivity contribution in [2.75, 3.05) is 12.4 Å². The number of rotatable bonds is 4. The first-order valence-corrected chi connectivity index (χ1v) is 9.93. The van der Waals surface area contributed by atoms with Gasteiger partial charge in [-0.2, -0.15) is 0 Å². The largest absolute Gasteiger partial charge is 0.496 e. The number of hydrogen-bond acceptors (Lipinski definition) is 4. The van der Waals surface area contributed by atoms with Crippen molar-refractivity contribution in [3.05, 3.63) is 75.2 Å². The Morgan fingerprint density at radius 3 is 2.79 bits per heavy atom. The summed E-state index contributed by atoms with van der Waals surface area (Å²) in [6.45, 7) is 1.89. The molecule has 0 radical (unpaired) electrons. The van der Waals surface area contributed by atoms with Gasteiger partial charge in [-0.3, -0.25) is 4.79 Å². The monoisotopic (exact) mass is 470 g/mol. The molecule has 3 aromatic carbocycles. The highest BCUT2D eigenvalue weighted by Gasteiger charge is 2.16. The third-order valence-electron chi connectivity index (χ3n) is 4.41. The van der Waals surface area contributed by atoms with Crippen LogP contribution in [0.25, 0.3) is 22.6 Å². The van der Waals surface area contributed by atoms with Crippen LogP contribution >= 0.6 is 27.5 Å². The Morgan fingerprint density at radius 1 is 1.17 bits per heavy atom. The van der Waals surface area contributed by atoms with Crippen molar-refractivity contribution in [3.8, 4) is 17.2 Å². The number of aryl methyl sites for hydroxylation is 1. The SMILES string of the molecule is COc1c(C)cc(Br)cc1C(=O)Nc1cccc(-c2nc3cc(Cl)ccc3o2)c1. The van der Waals surface area contributed by atoms with Crippen LogP contribution in [0.1, 0.15) is 15.9 Å². The minimum atomic E-state index is -0.271. The normalized spacial score (nSPS) is 10.9. The number of methoxy groups -OCH3 is 1. The molecule has 0 aliphatic heterocycles. The average molecular weight is 472 g/mol. The first-order valence-electron chi connectivity index (χ1n) is 8.76. The second-order valence-electron chi connectivity index (χ2n) is 6.47. The van der Waals surface area contributed by atoms with Crippen LogP contribution in [-0.4, -0.2) is 18.0 Å². The van der Waals surface area contributed by atoms with Gasteiger partial charge in [0.15, 0.2) is 5.58 Å². The molecule has 4 aromatic rings. The molecule has 146 valence electrons. The van der Waals surface area contributed by atoms with Gasteiger partial charge in [0.2, 0.25) is 5.89 Å². The molecule has 5 nitrogen and oxygen atoms in total. The molecule has 1 amide bonds. The van der Waals surface area contributed by atoms with Crippen LogP contribution in [0.15, 0.2) is 63.5 Å². The highest BCUT2D eigenvalue weighted by Crippen LogP contribution is 2.30. The number of ether oxygens (including phenoxy) is 1. The number of carbonyl (C=O) groups is 1. The Hall–Kier alpha value is -2.83. The summed E-state index contributed by atoms with van der Waals surface area (Å²) in [7, 11) is 1.55. The van der Waals surface area contributed by atoms with Gasteiger partial charge in [-0.1, -0.05) is 33.6 Å². The van der Waals surface area contributed by atoms with Crippen LogP contribution in [0.2, 0.25) is 5.02 Å². The summed E-state index contributed by atoms with van der Waals surface area (Å²) in [5.41, 5.74) is 4.00. The summed E-state index contributed by atoms with van der Waals surface area (Å²) in [5.74, 6) is 0.722. The third kappa shape index (κ3) is 3.99. The molecule has 0 saturated carbocycles. The third-order valence-corrected chi connectivity index (χ3v) is 5.10. The van der Waals surface area contributed by atoms with Gasteiger partial charge in [-0.05, 0) is 61.0 Å². The number of carbonyl (C=O) groups excluding carboxylic acids is 1. The van der Waals surface area contributed by atoms with E-state index in [1.54, 1.807) is 37.4 Å². The second kappa shape index (κ2) is 7.89. The Morgan fingerprint density at radius 2 is 2.00 bits per heavy atom. The fourth-order valence-electron chi connectivity index (χ4n) is 3.12. The second-order valence-corrected chi connectivity index (χ2v) is 7.82. The van der Waals surface area contributed by atoms with Crippen molar-refractivity contribution >= 4 is 50.2 Å². The summed E-state index contributed by atoms with van der Waals surface area (Å²) >= 11 is 9.45. The zero-order valence-electron chi connectivity index (χ0n) is 15.6. The van der Waals surface area contributed by atoms with Crippen LogP contribution in [-0.2, 0) is 0 Å². The highest BCUT2D eigenvalue weighted by atomic mass is 79.9. The Kier molecular flexibility index (Phi) is 5.30. The van der Waals surface area contributed by atoms with Crippen molar-refractivity contribution in [2.24, 2.45) is 0 Å². The van der Waals surface area contributed by atoms with E-state index < -0.39 is 0 Å². The summed E-state index contributed by atoms with van der Waals surface area (Å²) in [5, 5.41) is 3.50. The van der Waals surface area contributed by atoms with Gasteiger partial charge in [0, 0.05) is 20.7 Å². The summed E-state index contributed by atoms with van der Waals surface area (Å²) < 4.78 is 12.0. The van der Waals surface area contributed by atoms with Gasteiger partial charge in [-0.15, -0.1) is 0 Å². The smallest absolute Gasteiger partial charge is 0.259 e. The van der Waals surface area contributed by atoms with Crippen molar-refractivity contribution in [1.82, 2.24) is 4.98 Å². The number of halogens is 2. The Labute approximate surface area is 180 Å². The number of nitrogens with zero attached hydrogens (tertiary/aromatic N) is 1. The number of nitrogens with one attached hydrogen (secondary N) is 1. The molecule has 0 aliphatic carbocycles. The van der Waals surface area contributed by atoms with Crippen LogP contribution < -0.4 is 10.1 Å². The Balaban J connectivity index is 1.65. The minimum absolute atomic E-state index is 0.271. The molecule has 0 unspecified atom stereocenters. The lowest BCUT2D eigenvalue weighted by atomic mass is 10.1. The lowest BCUT2D eigenvalue weighted by Gasteiger charge is -2.13. The van der Waals surface area contributed by atoms with Crippen molar-refractivity contribution < 1.29 is 13.9 Å². The van der Waals surface area contributed by atoms with Crippen molar-refractivity contribution in [2.45, 2.75) is 6.92 Å². The number of aromatic nitrogens is 1. The summed E-state index contributed by atoms with van der Waals surface area (Å²) in [4.78, 5) is 17.3. The fraction of sp³-hybridized carbons (Fsp3) is 0.0909. The summed E-state index contributed by atoms with van der Waals surface area (Å²) in [6.07, 6.45) is 0. The lowest BCUT2D eigenvalue weighted by Crippen LogP contribution is -2.14. The summed E-state index contributed by atoms with van der Waals surface area (Å²) in [6, 6.07) is 16.2. The molecule has 1 aromatic heterocycles. The van der Waals surface area contributed by atoms with Gasteiger partial charge in [0.1, 0.15) is 11.3 Å². The van der Waals surface area contributed by atoms with E-state index in [9.17, 15) is 4.79 Å². The van der Waals surface area contributed by atoms with Gasteiger partial charge < -0.3 is 14.5 Å². The Bertz CT molecular complexity index is 1240. The van der Waals surface area contributed by atoms with Crippen LogP contribution in [0.4, 0.5) is 5.69 Å². The number of fused-ring (bicyclic) bond motifs is 1. The first kappa shape index (κ1) is 19.5. The number of hydrogen-bond donors (Lipinski definition) is 1. The average Bonchev–Trinajstić information content (AvgIpc) is 3.11.